The lowest BCUT2D eigenvalue weighted by Gasteiger charge is -2.29. The molecule has 0 bridgehead atoms. The number of hydrogen-bond acceptors (Lipinski definition) is 6. The van der Waals surface area contributed by atoms with E-state index in [0.29, 0.717) is 23.8 Å². The van der Waals surface area contributed by atoms with Crippen molar-refractivity contribution in [1.82, 2.24) is 0 Å². The van der Waals surface area contributed by atoms with Crippen molar-refractivity contribution in [2.45, 2.75) is 25.5 Å². The monoisotopic (exact) mass is 458 g/mol. The number of nitrogens with zero attached hydrogens (tertiary/aromatic N) is 2. The lowest BCUT2D eigenvalue weighted by atomic mass is 9.90. The minimum Gasteiger partial charge on any atom is -0.497 e. The van der Waals surface area contributed by atoms with Gasteiger partial charge in [-0.15, -0.1) is 0 Å². The summed E-state index contributed by atoms with van der Waals surface area (Å²) in [6.45, 7) is 2.64. The second kappa shape index (κ2) is 9.19. The van der Waals surface area contributed by atoms with Gasteiger partial charge in [0.15, 0.2) is 6.10 Å². The van der Waals surface area contributed by atoms with Gasteiger partial charge in [0.2, 0.25) is 5.91 Å². The van der Waals surface area contributed by atoms with Crippen molar-refractivity contribution in [1.29, 1.82) is 0 Å². The molecule has 0 aliphatic carbocycles. The molecule has 34 heavy (non-hydrogen) atoms. The number of fused-ring (bicyclic) bond motifs is 1. The van der Waals surface area contributed by atoms with Crippen molar-refractivity contribution in [2.75, 3.05) is 23.7 Å². The van der Waals surface area contributed by atoms with Crippen LogP contribution in [0.5, 0.6) is 11.5 Å². The number of amides is 2. The summed E-state index contributed by atoms with van der Waals surface area (Å²) in [5.41, 5.74) is 2.11. The van der Waals surface area contributed by atoms with E-state index in [4.69, 9.17) is 14.3 Å². The fourth-order valence-electron chi connectivity index (χ4n) is 4.54. The molecule has 2 amide bonds. The van der Waals surface area contributed by atoms with Gasteiger partial charge < -0.3 is 9.47 Å². The highest BCUT2D eigenvalue weighted by Crippen LogP contribution is 2.48. The Kier molecular flexibility index (Phi) is 5.94. The van der Waals surface area contributed by atoms with Gasteiger partial charge in [0.1, 0.15) is 17.4 Å². The molecular weight excluding hydrogens is 432 g/mol. The molecule has 2 fully saturated rings. The second-order valence-corrected chi connectivity index (χ2v) is 8.29. The molecule has 2 heterocycles. The van der Waals surface area contributed by atoms with E-state index in [1.54, 1.807) is 36.4 Å². The number of para-hydroxylation sites is 1. The number of hydrogen-bond donors (Lipinski definition) is 0. The molecule has 0 saturated carbocycles. The maximum absolute atomic E-state index is 13.7. The Balaban J connectivity index is 1.51. The summed E-state index contributed by atoms with van der Waals surface area (Å²) in [6.07, 6.45) is -0.0188. The quantitative estimate of drug-likeness (QED) is 0.485. The molecule has 2 aliphatic heterocycles. The number of methoxy groups -OCH3 is 1. The third-order valence-corrected chi connectivity index (χ3v) is 6.13. The third-order valence-electron chi connectivity index (χ3n) is 6.13. The van der Waals surface area contributed by atoms with E-state index in [0.717, 1.165) is 17.7 Å². The zero-order chi connectivity index (χ0) is 23.7. The SMILES string of the molecule is CCCOc1ccc(N2C(=O)[C@@H]3[C@@H](ON(c4ccccc4)[C@H]3c3cccc(OC)c3)C2=O)cc1. The highest BCUT2D eigenvalue weighted by molar-refractivity contribution is 6.23. The van der Waals surface area contributed by atoms with Crippen molar-refractivity contribution in [2.24, 2.45) is 5.92 Å². The van der Waals surface area contributed by atoms with Crippen LogP contribution in [-0.2, 0) is 14.4 Å². The van der Waals surface area contributed by atoms with E-state index >= 15 is 0 Å². The number of hydroxylamine groups is 1. The molecule has 3 aromatic rings. The molecule has 7 nitrogen and oxygen atoms in total. The Hall–Kier alpha value is -3.84. The number of carbonyl (C=O) groups excluding carboxylic acids is 2. The summed E-state index contributed by atoms with van der Waals surface area (Å²) in [5.74, 6) is 0.0127. The van der Waals surface area contributed by atoms with Crippen LogP contribution in [0.25, 0.3) is 0 Å². The van der Waals surface area contributed by atoms with Crippen molar-refractivity contribution in [3.05, 3.63) is 84.4 Å². The number of imide groups is 1. The van der Waals surface area contributed by atoms with Crippen LogP contribution in [-0.4, -0.2) is 31.6 Å². The van der Waals surface area contributed by atoms with E-state index in [9.17, 15) is 9.59 Å². The molecule has 3 aromatic carbocycles. The lowest BCUT2D eigenvalue weighted by Crippen LogP contribution is -2.37. The zero-order valence-corrected chi connectivity index (χ0v) is 19.1. The predicted molar refractivity (Wildman–Crippen MR) is 128 cm³/mol. The lowest BCUT2D eigenvalue weighted by molar-refractivity contribution is -0.126. The minimum atomic E-state index is -0.917. The average molecular weight is 459 g/mol. The van der Waals surface area contributed by atoms with Crippen molar-refractivity contribution >= 4 is 23.2 Å². The Morgan fingerprint density at radius 2 is 1.62 bits per heavy atom. The summed E-state index contributed by atoms with van der Waals surface area (Å²) in [6, 6.07) is 23.6. The van der Waals surface area contributed by atoms with Gasteiger partial charge in [-0.05, 0) is 60.5 Å². The van der Waals surface area contributed by atoms with E-state index in [1.807, 2.05) is 61.5 Å². The maximum atomic E-state index is 13.7. The van der Waals surface area contributed by atoms with Gasteiger partial charge in [0.25, 0.3) is 5.91 Å². The number of benzene rings is 3. The highest BCUT2D eigenvalue weighted by Gasteiger charge is 2.60. The predicted octanol–water partition coefficient (Wildman–Crippen LogP) is 4.54. The Bertz CT molecular complexity index is 1180. The summed E-state index contributed by atoms with van der Waals surface area (Å²) in [4.78, 5) is 34.5. The van der Waals surface area contributed by atoms with E-state index in [-0.39, 0.29) is 11.8 Å². The summed E-state index contributed by atoms with van der Waals surface area (Å²) in [5, 5.41) is 1.68. The normalized spacial score (nSPS) is 21.6. The van der Waals surface area contributed by atoms with Crippen LogP contribution in [0.2, 0.25) is 0 Å². The molecule has 0 aromatic heterocycles. The van der Waals surface area contributed by atoms with Gasteiger partial charge in [0.05, 0.1) is 31.1 Å². The van der Waals surface area contributed by atoms with Crippen LogP contribution in [0.1, 0.15) is 24.9 Å². The average Bonchev–Trinajstić information content (AvgIpc) is 3.39. The number of anilines is 2. The third kappa shape index (κ3) is 3.78. The molecule has 0 unspecified atom stereocenters. The van der Waals surface area contributed by atoms with Gasteiger partial charge in [-0.3, -0.25) is 14.4 Å². The Morgan fingerprint density at radius 3 is 2.32 bits per heavy atom. The molecule has 2 saturated heterocycles. The van der Waals surface area contributed by atoms with E-state index in [1.165, 1.54) is 4.90 Å². The molecule has 0 radical (unpaired) electrons. The molecule has 3 atom stereocenters. The smallest absolute Gasteiger partial charge is 0.266 e. The van der Waals surface area contributed by atoms with Gasteiger partial charge in [-0.1, -0.05) is 37.3 Å². The molecule has 5 rings (SSSR count). The first kappa shape index (κ1) is 22.0. The highest BCUT2D eigenvalue weighted by atomic mass is 16.7. The number of ether oxygens (including phenoxy) is 2. The van der Waals surface area contributed by atoms with Crippen LogP contribution >= 0.6 is 0 Å². The molecule has 0 N–H and O–H groups in total. The minimum absolute atomic E-state index is 0.288. The Labute approximate surface area is 198 Å². The standard InChI is InChI=1S/C27H26N2O5/c1-3-16-33-21-14-12-19(13-15-21)28-26(30)23-24(18-8-7-11-22(17-18)32-2)29(34-25(23)27(28)31)20-9-5-4-6-10-20/h4-15,17,23-25H,3,16H2,1-2H3/t23-,24-,25+/m0/s1. The first-order valence-electron chi connectivity index (χ1n) is 11.4. The first-order chi connectivity index (χ1) is 16.6. The topological polar surface area (TPSA) is 68.3 Å². The summed E-state index contributed by atoms with van der Waals surface area (Å²) < 4.78 is 11.0. The maximum Gasteiger partial charge on any atom is 0.266 e. The number of carbonyl (C=O) groups is 2. The molecule has 0 spiro atoms. The van der Waals surface area contributed by atoms with Crippen molar-refractivity contribution in [3.8, 4) is 11.5 Å². The van der Waals surface area contributed by atoms with Crippen LogP contribution in [0.4, 0.5) is 11.4 Å². The molecule has 174 valence electrons. The zero-order valence-electron chi connectivity index (χ0n) is 19.1. The fraction of sp³-hybridized carbons (Fsp3) is 0.259. The van der Waals surface area contributed by atoms with Crippen LogP contribution < -0.4 is 19.4 Å². The van der Waals surface area contributed by atoms with Gasteiger partial charge in [-0.25, -0.2) is 9.96 Å². The summed E-state index contributed by atoms with van der Waals surface area (Å²) >= 11 is 0. The first-order valence-corrected chi connectivity index (χ1v) is 11.4. The van der Waals surface area contributed by atoms with Crippen molar-refractivity contribution < 1.29 is 23.9 Å². The largest absolute Gasteiger partial charge is 0.497 e. The van der Waals surface area contributed by atoms with Gasteiger partial charge in [-0.2, -0.15) is 0 Å². The van der Waals surface area contributed by atoms with Crippen molar-refractivity contribution in [3.63, 3.8) is 0 Å². The van der Waals surface area contributed by atoms with Crippen LogP contribution in [0.3, 0.4) is 0 Å². The summed E-state index contributed by atoms with van der Waals surface area (Å²) in [7, 11) is 1.60. The van der Waals surface area contributed by atoms with E-state index in [2.05, 4.69) is 0 Å². The van der Waals surface area contributed by atoms with Gasteiger partial charge >= 0.3 is 0 Å². The number of rotatable bonds is 7. The fourth-order valence-corrected chi connectivity index (χ4v) is 4.54. The Morgan fingerprint density at radius 1 is 0.853 bits per heavy atom. The second-order valence-electron chi connectivity index (χ2n) is 8.29. The van der Waals surface area contributed by atoms with Crippen LogP contribution in [0.15, 0.2) is 78.9 Å². The van der Waals surface area contributed by atoms with Gasteiger partial charge in [0, 0.05) is 0 Å². The molecule has 7 heteroatoms. The molecular formula is C27H26N2O5. The molecule has 2 aliphatic rings. The van der Waals surface area contributed by atoms with Crippen LogP contribution in [0, 0.1) is 5.92 Å². The van der Waals surface area contributed by atoms with E-state index < -0.39 is 18.1 Å².